The summed E-state index contributed by atoms with van der Waals surface area (Å²) in [5, 5.41) is 13.1. The van der Waals surface area contributed by atoms with Gasteiger partial charge >= 0.3 is 0 Å². The van der Waals surface area contributed by atoms with Crippen molar-refractivity contribution in [3.05, 3.63) is 28.3 Å². The summed E-state index contributed by atoms with van der Waals surface area (Å²) in [5.74, 6) is 0. The van der Waals surface area contributed by atoms with Crippen molar-refractivity contribution in [2.75, 3.05) is 0 Å². The third kappa shape index (κ3) is 2.39. The lowest BCUT2D eigenvalue weighted by molar-refractivity contribution is 0.565. The van der Waals surface area contributed by atoms with Crippen LogP contribution in [-0.4, -0.2) is 24.8 Å². The summed E-state index contributed by atoms with van der Waals surface area (Å²) in [5.41, 5.74) is 8.30. The number of nitrogens with zero attached hydrogens (tertiary/aromatic N) is 5. The lowest BCUT2D eigenvalue weighted by Gasteiger charge is -2.04. The van der Waals surface area contributed by atoms with Crippen molar-refractivity contribution < 1.29 is 0 Å². The molecule has 0 fully saturated rings. The van der Waals surface area contributed by atoms with E-state index in [1.54, 1.807) is 4.68 Å². The fourth-order valence-electron chi connectivity index (χ4n) is 1.77. The molecular weight excluding hydrogens is 252 g/mol. The zero-order chi connectivity index (χ0) is 13.3. The summed E-state index contributed by atoms with van der Waals surface area (Å²) >= 11 is 6.24. The van der Waals surface area contributed by atoms with Gasteiger partial charge in [-0.2, -0.15) is 5.10 Å². The van der Waals surface area contributed by atoms with E-state index in [9.17, 15) is 0 Å². The van der Waals surface area contributed by atoms with E-state index in [0.717, 1.165) is 23.6 Å². The zero-order valence-corrected chi connectivity index (χ0v) is 11.5. The van der Waals surface area contributed by atoms with E-state index in [1.807, 2.05) is 31.6 Å². The fourth-order valence-corrected chi connectivity index (χ4v) is 1.97. The average Bonchev–Trinajstić information content (AvgIpc) is 2.89. The molecule has 0 aliphatic carbocycles. The van der Waals surface area contributed by atoms with Crippen molar-refractivity contribution in [1.29, 1.82) is 0 Å². The second kappa shape index (κ2) is 5.07. The largest absolute Gasteiger partial charge is 0.323 e. The predicted molar refractivity (Wildman–Crippen MR) is 69.4 cm³/mol. The van der Waals surface area contributed by atoms with Crippen molar-refractivity contribution in [3.8, 4) is 0 Å². The minimum Gasteiger partial charge on any atom is -0.323 e. The number of aryl methyl sites for hydroxylation is 2. The topological polar surface area (TPSA) is 74.5 Å². The van der Waals surface area contributed by atoms with Crippen LogP contribution in [0.15, 0.2) is 6.20 Å². The molecule has 18 heavy (non-hydrogen) atoms. The molecule has 1 unspecified atom stereocenters. The molecule has 0 aliphatic rings. The normalized spacial score (nSPS) is 12.9. The van der Waals surface area contributed by atoms with Gasteiger partial charge in [0, 0.05) is 12.6 Å². The molecule has 0 saturated heterocycles. The van der Waals surface area contributed by atoms with Crippen molar-refractivity contribution >= 4 is 11.6 Å². The van der Waals surface area contributed by atoms with E-state index < -0.39 is 0 Å². The molecule has 0 saturated carbocycles. The molecule has 0 bridgehead atoms. The molecule has 2 N–H and O–H groups in total. The molecule has 0 radical (unpaired) electrons. The van der Waals surface area contributed by atoms with E-state index in [1.165, 1.54) is 0 Å². The minimum atomic E-state index is -0.118. The Morgan fingerprint density at radius 3 is 2.78 bits per heavy atom. The van der Waals surface area contributed by atoms with Crippen LogP contribution in [0.3, 0.4) is 0 Å². The molecule has 0 amide bonds. The maximum Gasteiger partial charge on any atom is 0.0991 e. The Morgan fingerprint density at radius 1 is 1.50 bits per heavy atom. The highest BCUT2D eigenvalue weighted by Crippen LogP contribution is 2.21. The lowest BCUT2D eigenvalue weighted by atomic mass is 10.3. The first-order valence-electron chi connectivity index (χ1n) is 5.90. The van der Waals surface area contributed by atoms with Crippen molar-refractivity contribution in [2.24, 2.45) is 5.73 Å². The average molecular weight is 269 g/mol. The van der Waals surface area contributed by atoms with Gasteiger partial charge in [0.05, 0.1) is 34.8 Å². The molecule has 1 atom stereocenters. The maximum atomic E-state index is 6.24. The van der Waals surface area contributed by atoms with Gasteiger partial charge in [-0.25, -0.2) is 4.68 Å². The Balaban J connectivity index is 2.27. The summed E-state index contributed by atoms with van der Waals surface area (Å²) in [6.07, 6.45) is 1.84. The quantitative estimate of drug-likeness (QED) is 0.912. The summed E-state index contributed by atoms with van der Waals surface area (Å²) in [6, 6.07) is -0.118. The third-order valence-corrected chi connectivity index (χ3v) is 3.28. The molecule has 0 aromatic carbocycles. The molecule has 7 heteroatoms. The van der Waals surface area contributed by atoms with Crippen LogP contribution >= 0.6 is 11.6 Å². The van der Waals surface area contributed by atoms with Gasteiger partial charge in [-0.3, -0.25) is 4.68 Å². The molecule has 2 rings (SSSR count). The number of nitrogens with two attached hydrogens (primary N) is 1. The van der Waals surface area contributed by atoms with Crippen LogP contribution in [0.4, 0.5) is 0 Å². The number of hydrogen-bond donors (Lipinski definition) is 1. The highest BCUT2D eigenvalue weighted by atomic mass is 35.5. The van der Waals surface area contributed by atoms with Crippen LogP contribution in [0.2, 0.25) is 5.02 Å². The lowest BCUT2D eigenvalue weighted by Crippen LogP contribution is -2.09. The summed E-state index contributed by atoms with van der Waals surface area (Å²) < 4.78 is 3.61. The van der Waals surface area contributed by atoms with E-state index in [-0.39, 0.29) is 6.04 Å². The van der Waals surface area contributed by atoms with Crippen LogP contribution in [0, 0.1) is 6.92 Å². The van der Waals surface area contributed by atoms with E-state index >= 15 is 0 Å². The smallest absolute Gasteiger partial charge is 0.0991 e. The summed E-state index contributed by atoms with van der Waals surface area (Å²) in [4.78, 5) is 0. The third-order valence-electron chi connectivity index (χ3n) is 2.79. The van der Waals surface area contributed by atoms with Gasteiger partial charge in [0.1, 0.15) is 0 Å². The fraction of sp³-hybridized carbons (Fsp3) is 0.545. The second-order valence-electron chi connectivity index (χ2n) is 4.29. The minimum absolute atomic E-state index is 0.118. The van der Waals surface area contributed by atoms with Crippen LogP contribution in [0.1, 0.15) is 37.0 Å². The van der Waals surface area contributed by atoms with Crippen LogP contribution in [-0.2, 0) is 13.1 Å². The van der Waals surface area contributed by atoms with Gasteiger partial charge in [0.2, 0.25) is 0 Å². The SMILES string of the molecule is CCn1nc(C)c(Cl)c1Cn1cc(C(C)N)nn1. The van der Waals surface area contributed by atoms with Crippen LogP contribution in [0.5, 0.6) is 0 Å². The molecule has 0 spiro atoms. The first-order valence-corrected chi connectivity index (χ1v) is 6.28. The first-order chi connectivity index (χ1) is 8.52. The Labute approximate surface area is 111 Å². The van der Waals surface area contributed by atoms with Crippen LogP contribution < -0.4 is 5.73 Å². The molecule has 2 aromatic heterocycles. The van der Waals surface area contributed by atoms with Gasteiger partial charge in [-0.1, -0.05) is 16.8 Å². The second-order valence-corrected chi connectivity index (χ2v) is 4.67. The number of hydrogen-bond acceptors (Lipinski definition) is 4. The Morgan fingerprint density at radius 2 is 2.22 bits per heavy atom. The van der Waals surface area contributed by atoms with Gasteiger partial charge in [-0.05, 0) is 20.8 Å². The number of rotatable bonds is 4. The number of aromatic nitrogens is 5. The molecule has 6 nitrogen and oxygen atoms in total. The maximum absolute atomic E-state index is 6.24. The van der Waals surface area contributed by atoms with Crippen molar-refractivity contribution in [1.82, 2.24) is 24.8 Å². The van der Waals surface area contributed by atoms with Gasteiger partial charge in [0.15, 0.2) is 0 Å². The molecule has 2 heterocycles. The van der Waals surface area contributed by atoms with Gasteiger partial charge in [0.25, 0.3) is 0 Å². The highest BCUT2D eigenvalue weighted by molar-refractivity contribution is 6.31. The van der Waals surface area contributed by atoms with Crippen molar-refractivity contribution in [2.45, 2.75) is 39.9 Å². The predicted octanol–water partition coefficient (Wildman–Crippen LogP) is 1.52. The van der Waals surface area contributed by atoms with Gasteiger partial charge < -0.3 is 5.73 Å². The van der Waals surface area contributed by atoms with Gasteiger partial charge in [-0.15, -0.1) is 5.10 Å². The standard InChI is InChI=1S/C11H17ClN6/c1-4-18-10(11(12)8(3)15-18)6-17-5-9(7(2)13)14-16-17/h5,7H,4,6,13H2,1-3H3. The molecule has 98 valence electrons. The highest BCUT2D eigenvalue weighted by Gasteiger charge is 2.14. The zero-order valence-electron chi connectivity index (χ0n) is 10.8. The molecule has 2 aromatic rings. The van der Waals surface area contributed by atoms with E-state index in [4.69, 9.17) is 17.3 Å². The summed E-state index contributed by atoms with van der Waals surface area (Å²) in [7, 11) is 0. The Bertz CT molecular complexity index is 542. The Kier molecular flexibility index (Phi) is 3.68. The summed E-state index contributed by atoms with van der Waals surface area (Å²) in [6.45, 7) is 7.13. The van der Waals surface area contributed by atoms with Crippen LogP contribution in [0.25, 0.3) is 0 Å². The monoisotopic (exact) mass is 268 g/mol. The van der Waals surface area contributed by atoms with Crippen molar-refractivity contribution in [3.63, 3.8) is 0 Å². The van der Waals surface area contributed by atoms with E-state index in [2.05, 4.69) is 15.4 Å². The Hall–Kier alpha value is -1.40. The molecule has 0 aliphatic heterocycles. The van der Waals surface area contributed by atoms with E-state index in [0.29, 0.717) is 11.6 Å². The first kappa shape index (κ1) is 13.0. The number of halogens is 1. The molecular formula is C11H17ClN6.